The summed E-state index contributed by atoms with van der Waals surface area (Å²) in [6.07, 6.45) is 0. The Morgan fingerprint density at radius 3 is 2.78 bits per heavy atom. The number of carbonyl (C=O) groups is 2. The van der Waals surface area contributed by atoms with E-state index in [1.807, 2.05) is 49.4 Å². The summed E-state index contributed by atoms with van der Waals surface area (Å²) in [7, 11) is 3.07. The molecule has 2 amide bonds. The van der Waals surface area contributed by atoms with E-state index in [-0.39, 0.29) is 23.8 Å². The van der Waals surface area contributed by atoms with Crippen LogP contribution in [0.3, 0.4) is 0 Å². The van der Waals surface area contributed by atoms with E-state index in [1.165, 1.54) is 18.9 Å². The Labute approximate surface area is 162 Å². The lowest BCUT2D eigenvalue weighted by molar-refractivity contribution is -0.119. The molecule has 1 aliphatic rings. The third-order valence-corrected chi connectivity index (χ3v) is 5.43. The van der Waals surface area contributed by atoms with Crippen molar-refractivity contribution < 1.29 is 19.1 Å². The first kappa shape index (κ1) is 19.3. The lowest BCUT2D eigenvalue weighted by Crippen LogP contribution is -2.29. The second kappa shape index (κ2) is 8.45. The zero-order valence-corrected chi connectivity index (χ0v) is 16.3. The Bertz CT molecular complexity index is 856. The van der Waals surface area contributed by atoms with Crippen LogP contribution >= 0.6 is 11.8 Å². The Hall–Kier alpha value is -2.51. The topological polar surface area (TPSA) is 67.9 Å². The smallest absolute Gasteiger partial charge is 0.250 e. The summed E-state index contributed by atoms with van der Waals surface area (Å²) >= 11 is 1.52. The molecule has 0 radical (unpaired) electrons. The number of amides is 2. The molecule has 1 fully saturated rings. The summed E-state index contributed by atoms with van der Waals surface area (Å²) in [4.78, 5) is 26.5. The number of hydrogen-bond donors (Lipinski definition) is 1. The number of hydrogen-bond acceptors (Lipinski definition) is 5. The van der Waals surface area contributed by atoms with Gasteiger partial charge in [-0.15, -0.1) is 11.8 Å². The minimum Gasteiger partial charge on any atom is -0.495 e. The summed E-state index contributed by atoms with van der Waals surface area (Å²) in [6.45, 7) is 1.95. The van der Waals surface area contributed by atoms with Crippen molar-refractivity contribution in [1.82, 2.24) is 0 Å². The van der Waals surface area contributed by atoms with Gasteiger partial charge in [0.1, 0.15) is 17.7 Å². The quantitative estimate of drug-likeness (QED) is 0.824. The molecule has 1 atom stereocenters. The fourth-order valence-corrected chi connectivity index (χ4v) is 4.25. The molecule has 1 saturated heterocycles. The number of rotatable bonds is 6. The van der Waals surface area contributed by atoms with Crippen molar-refractivity contribution >= 4 is 35.0 Å². The molecule has 7 heteroatoms. The average Bonchev–Trinajstić information content (AvgIpc) is 3.03. The third-order valence-electron chi connectivity index (χ3n) is 4.24. The lowest BCUT2D eigenvalue weighted by atomic mass is 10.1. The predicted octanol–water partition coefficient (Wildman–Crippen LogP) is 3.37. The summed E-state index contributed by atoms with van der Waals surface area (Å²) in [6, 6.07) is 13.3. The fraction of sp³-hybridized carbons (Fsp3) is 0.300. The van der Waals surface area contributed by atoms with Crippen LogP contribution in [0.15, 0.2) is 42.5 Å². The van der Waals surface area contributed by atoms with E-state index in [9.17, 15) is 9.59 Å². The Kier molecular flexibility index (Phi) is 6.03. The molecule has 27 heavy (non-hydrogen) atoms. The van der Waals surface area contributed by atoms with Crippen LogP contribution in [-0.4, -0.2) is 38.4 Å². The van der Waals surface area contributed by atoms with E-state index in [2.05, 4.69) is 5.32 Å². The zero-order valence-electron chi connectivity index (χ0n) is 15.5. The molecule has 2 aromatic carbocycles. The number of thioether (sulfide) groups is 1. The minimum atomic E-state index is -0.257. The highest BCUT2D eigenvalue weighted by Gasteiger charge is 2.37. The molecule has 0 aliphatic carbocycles. The van der Waals surface area contributed by atoms with Crippen molar-refractivity contribution in [2.45, 2.75) is 12.3 Å². The molecule has 0 spiro atoms. The number of anilines is 2. The van der Waals surface area contributed by atoms with E-state index in [4.69, 9.17) is 9.47 Å². The first-order chi connectivity index (χ1) is 13.0. The van der Waals surface area contributed by atoms with Gasteiger partial charge in [0.25, 0.3) is 0 Å². The number of ether oxygens (including phenoxy) is 2. The largest absolute Gasteiger partial charge is 0.495 e. The third kappa shape index (κ3) is 4.09. The molecule has 6 nitrogen and oxygen atoms in total. The second-order valence-electron chi connectivity index (χ2n) is 6.17. The van der Waals surface area contributed by atoms with Gasteiger partial charge in [0.15, 0.2) is 0 Å². The van der Waals surface area contributed by atoms with Gasteiger partial charge < -0.3 is 14.8 Å². The van der Waals surface area contributed by atoms with E-state index in [0.29, 0.717) is 17.2 Å². The first-order valence-electron chi connectivity index (χ1n) is 8.51. The van der Waals surface area contributed by atoms with Crippen LogP contribution in [0, 0.1) is 6.92 Å². The van der Waals surface area contributed by atoms with Gasteiger partial charge in [-0.1, -0.05) is 24.3 Å². The molecule has 0 saturated carbocycles. The van der Waals surface area contributed by atoms with Gasteiger partial charge in [-0.05, 0) is 30.7 Å². The maximum atomic E-state index is 12.7. The van der Waals surface area contributed by atoms with Crippen LogP contribution in [0.4, 0.5) is 11.4 Å². The van der Waals surface area contributed by atoms with Crippen LogP contribution in [0.2, 0.25) is 0 Å². The number of carbonyl (C=O) groups excluding carboxylic acids is 2. The first-order valence-corrected chi connectivity index (χ1v) is 9.56. The minimum absolute atomic E-state index is 0.00641. The molecule has 0 aromatic heterocycles. The number of nitrogens with one attached hydrogen (secondary N) is 1. The lowest BCUT2D eigenvalue weighted by Gasteiger charge is -2.27. The van der Waals surface area contributed by atoms with Crippen molar-refractivity contribution in [2.75, 3.05) is 36.8 Å². The molecule has 0 bridgehead atoms. The maximum Gasteiger partial charge on any atom is 0.250 e. The number of aryl methyl sites for hydroxylation is 1. The molecular weight excluding hydrogens is 364 g/mol. The normalized spacial score (nSPS) is 16.5. The highest BCUT2D eigenvalue weighted by Crippen LogP contribution is 2.46. The van der Waals surface area contributed by atoms with Gasteiger partial charge >= 0.3 is 0 Å². The molecular formula is C20H22N2O4S. The molecule has 1 heterocycles. The Morgan fingerprint density at radius 1 is 1.26 bits per heavy atom. The van der Waals surface area contributed by atoms with Crippen molar-refractivity contribution in [2.24, 2.45) is 0 Å². The van der Waals surface area contributed by atoms with Gasteiger partial charge in [0.05, 0.1) is 18.6 Å². The molecule has 2 aromatic rings. The van der Waals surface area contributed by atoms with Gasteiger partial charge in [-0.3, -0.25) is 14.5 Å². The molecule has 3 rings (SSSR count). The molecule has 1 N–H and O–H groups in total. The summed E-state index contributed by atoms with van der Waals surface area (Å²) < 4.78 is 10.4. The van der Waals surface area contributed by atoms with Crippen LogP contribution in [0.25, 0.3) is 0 Å². The molecule has 142 valence electrons. The van der Waals surface area contributed by atoms with Crippen LogP contribution < -0.4 is 15.0 Å². The summed E-state index contributed by atoms with van der Waals surface area (Å²) in [5, 5.41) is 2.61. The number of benzene rings is 2. The predicted molar refractivity (Wildman–Crippen MR) is 107 cm³/mol. The van der Waals surface area contributed by atoms with Gasteiger partial charge in [-0.25, -0.2) is 0 Å². The van der Waals surface area contributed by atoms with Gasteiger partial charge in [0.2, 0.25) is 11.8 Å². The summed E-state index contributed by atoms with van der Waals surface area (Å²) in [5.74, 6) is 0.774. The number of para-hydroxylation sites is 1. The average molecular weight is 386 g/mol. The van der Waals surface area contributed by atoms with Crippen molar-refractivity contribution in [1.29, 1.82) is 0 Å². The van der Waals surface area contributed by atoms with Crippen molar-refractivity contribution in [3.8, 4) is 5.75 Å². The highest BCUT2D eigenvalue weighted by atomic mass is 32.2. The van der Waals surface area contributed by atoms with E-state index in [0.717, 1.165) is 16.8 Å². The van der Waals surface area contributed by atoms with E-state index in [1.54, 1.807) is 12.0 Å². The maximum absolute atomic E-state index is 12.7. The van der Waals surface area contributed by atoms with E-state index < -0.39 is 0 Å². The Morgan fingerprint density at radius 2 is 2.04 bits per heavy atom. The Balaban J connectivity index is 2.01. The van der Waals surface area contributed by atoms with Crippen LogP contribution in [0.1, 0.15) is 16.5 Å². The second-order valence-corrected chi connectivity index (χ2v) is 7.24. The summed E-state index contributed by atoms with van der Waals surface area (Å²) in [5.41, 5.74) is 3.30. The van der Waals surface area contributed by atoms with Crippen LogP contribution in [0.5, 0.6) is 5.75 Å². The zero-order chi connectivity index (χ0) is 19.4. The highest BCUT2D eigenvalue weighted by molar-refractivity contribution is 8.00. The number of methoxy groups -OCH3 is 2. The molecule has 1 aliphatic heterocycles. The fourth-order valence-electron chi connectivity index (χ4n) is 3.05. The van der Waals surface area contributed by atoms with Gasteiger partial charge in [0, 0.05) is 18.4 Å². The van der Waals surface area contributed by atoms with Crippen LogP contribution in [-0.2, 0) is 14.3 Å². The standard InChI is InChI=1S/C20H22N2O4S/c1-13-8-9-17(26-3)16(10-13)22-19(24)12-27-20(22)14-6-4-5-7-15(14)21-18(23)11-25-2/h4-10,20H,11-12H2,1-3H3,(H,21,23)/t20-/m1/s1. The monoisotopic (exact) mass is 386 g/mol. The number of nitrogens with zero attached hydrogens (tertiary/aromatic N) is 1. The molecule has 0 unspecified atom stereocenters. The van der Waals surface area contributed by atoms with Gasteiger partial charge in [-0.2, -0.15) is 0 Å². The van der Waals surface area contributed by atoms with E-state index >= 15 is 0 Å². The van der Waals surface area contributed by atoms with Crippen molar-refractivity contribution in [3.63, 3.8) is 0 Å². The van der Waals surface area contributed by atoms with Crippen molar-refractivity contribution in [3.05, 3.63) is 53.6 Å². The SMILES string of the molecule is COCC(=O)Nc1ccccc1[C@H]1SCC(=O)N1c1cc(C)ccc1OC.